The van der Waals surface area contributed by atoms with Gasteiger partial charge in [-0.1, -0.05) is 0 Å². The quantitative estimate of drug-likeness (QED) is 0.628. The van der Waals surface area contributed by atoms with Crippen LogP contribution in [0.1, 0.15) is 47.0 Å². The Morgan fingerprint density at radius 2 is 1.78 bits per heavy atom. The third-order valence-electron chi connectivity index (χ3n) is 2.38. The molecular weight excluding hydrogens is 236 g/mol. The molecular formula is C12H24N2O4. The van der Waals surface area contributed by atoms with Crippen molar-refractivity contribution >= 4 is 12.1 Å². The molecule has 0 heterocycles. The Morgan fingerprint density at radius 1 is 1.22 bits per heavy atom. The summed E-state index contributed by atoms with van der Waals surface area (Å²) in [4.78, 5) is 22.8. The van der Waals surface area contributed by atoms with E-state index in [1.807, 2.05) is 0 Å². The van der Waals surface area contributed by atoms with Crippen LogP contribution in [-0.4, -0.2) is 34.9 Å². The van der Waals surface area contributed by atoms with Crippen molar-refractivity contribution in [2.45, 2.75) is 58.1 Å². The maximum Gasteiger partial charge on any atom is 0.408 e. The van der Waals surface area contributed by atoms with E-state index in [4.69, 9.17) is 10.5 Å². The molecule has 0 rings (SSSR count). The van der Waals surface area contributed by atoms with Crippen LogP contribution in [0.15, 0.2) is 0 Å². The number of hydrogen-bond acceptors (Lipinski definition) is 4. The zero-order valence-electron chi connectivity index (χ0n) is 11.6. The van der Waals surface area contributed by atoms with Gasteiger partial charge < -0.3 is 20.9 Å². The zero-order valence-corrected chi connectivity index (χ0v) is 11.6. The summed E-state index contributed by atoms with van der Waals surface area (Å²) >= 11 is 0. The lowest BCUT2D eigenvalue weighted by Crippen LogP contribution is -2.53. The third-order valence-corrected chi connectivity index (χ3v) is 2.38. The van der Waals surface area contributed by atoms with Gasteiger partial charge in [-0.2, -0.15) is 0 Å². The lowest BCUT2D eigenvalue weighted by Gasteiger charge is -2.28. The molecule has 4 N–H and O–H groups in total. The minimum Gasteiger partial charge on any atom is -0.480 e. The topological polar surface area (TPSA) is 102 Å². The van der Waals surface area contributed by atoms with Gasteiger partial charge in [-0.15, -0.1) is 0 Å². The number of carboxylic acid groups (broad SMARTS) is 1. The Morgan fingerprint density at radius 3 is 2.17 bits per heavy atom. The fraction of sp³-hybridized carbons (Fsp3) is 0.833. The molecule has 0 spiro atoms. The second-order valence-corrected chi connectivity index (χ2v) is 5.51. The van der Waals surface area contributed by atoms with E-state index in [9.17, 15) is 14.7 Å². The molecule has 0 aliphatic heterocycles. The first-order valence-corrected chi connectivity index (χ1v) is 6.05. The Bertz CT molecular complexity index is 299. The van der Waals surface area contributed by atoms with E-state index in [1.54, 1.807) is 20.8 Å². The molecule has 0 saturated heterocycles. The molecule has 1 amide bonds. The lowest BCUT2D eigenvalue weighted by molar-refractivity contribution is -0.144. The maximum absolute atomic E-state index is 11.6. The van der Waals surface area contributed by atoms with Gasteiger partial charge in [0.2, 0.25) is 0 Å². The number of nitrogens with one attached hydrogen (secondary N) is 1. The summed E-state index contributed by atoms with van der Waals surface area (Å²) in [6.07, 6.45) is 0.951. The number of nitrogens with two attached hydrogens (primary N) is 1. The predicted molar refractivity (Wildman–Crippen MR) is 68.3 cm³/mol. The van der Waals surface area contributed by atoms with Gasteiger partial charge in [0.05, 0.1) is 0 Å². The van der Waals surface area contributed by atoms with Crippen molar-refractivity contribution in [1.29, 1.82) is 0 Å². The fourth-order valence-electron chi connectivity index (χ4n) is 1.37. The van der Waals surface area contributed by atoms with Crippen molar-refractivity contribution < 1.29 is 19.4 Å². The molecule has 6 heteroatoms. The van der Waals surface area contributed by atoms with Crippen molar-refractivity contribution in [1.82, 2.24) is 5.32 Å². The van der Waals surface area contributed by atoms with Crippen molar-refractivity contribution in [2.24, 2.45) is 5.73 Å². The second-order valence-electron chi connectivity index (χ2n) is 5.51. The molecule has 106 valence electrons. The first-order chi connectivity index (χ1) is 8.10. The van der Waals surface area contributed by atoms with Crippen LogP contribution >= 0.6 is 0 Å². The van der Waals surface area contributed by atoms with E-state index < -0.39 is 23.2 Å². The van der Waals surface area contributed by atoms with Gasteiger partial charge in [0.15, 0.2) is 0 Å². The first kappa shape index (κ1) is 16.7. The maximum atomic E-state index is 11.6. The summed E-state index contributed by atoms with van der Waals surface area (Å²) in [5.74, 6) is -1.08. The van der Waals surface area contributed by atoms with Gasteiger partial charge in [-0.3, -0.25) is 0 Å². The molecule has 0 aliphatic carbocycles. The molecule has 1 atom stereocenters. The smallest absolute Gasteiger partial charge is 0.408 e. The van der Waals surface area contributed by atoms with Gasteiger partial charge in [0.1, 0.15) is 11.1 Å². The van der Waals surface area contributed by atoms with Gasteiger partial charge in [0.25, 0.3) is 0 Å². The standard InChI is InChI=1S/C12H24N2O4/c1-11(2,3)18-10(17)14-12(4,9(15)16)7-5-6-8-13/h5-8,13H2,1-4H3,(H,14,17)(H,15,16). The fourth-order valence-corrected chi connectivity index (χ4v) is 1.37. The van der Waals surface area contributed by atoms with E-state index in [0.29, 0.717) is 19.4 Å². The largest absolute Gasteiger partial charge is 0.480 e. The van der Waals surface area contributed by atoms with Crippen LogP contribution in [0.25, 0.3) is 0 Å². The van der Waals surface area contributed by atoms with Gasteiger partial charge >= 0.3 is 12.1 Å². The van der Waals surface area contributed by atoms with Gasteiger partial charge in [-0.05, 0) is 53.5 Å². The van der Waals surface area contributed by atoms with Crippen molar-refractivity contribution in [3.63, 3.8) is 0 Å². The number of carboxylic acids is 1. The third kappa shape index (κ3) is 6.44. The van der Waals surface area contributed by atoms with E-state index in [2.05, 4.69) is 5.32 Å². The molecule has 0 fully saturated rings. The number of rotatable bonds is 6. The zero-order chi connectivity index (χ0) is 14.4. The highest BCUT2D eigenvalue weighted by Crippen LogP contribution is 2.16. The number of unbranched alkanes of at least 4 members (excludes halogenated alkanes) is 1. The Balaban J connectivity index is 4.51. The number of hydrogen-bond donors (Lipinski definition) is 3. The highest BCUT2D eigenvalue weighted by molar-refractivity contribution is 5.83. The molecule has 18 heavy (non-hydrogen) atoms. The average molecular weight is 260 g/mol. The van der Waals surface area contributed by atoms with Crippen LogP contribution < -0.4 is 11.1 Å². The van der Waals surface area contributed by atoms with Crippen molar-refractivity contribution in [3.8, 4) is 0 Å². The number of aliphatic carboxylic acids is 1. The van der Waals surface area contributed by atoms with Crippen LogP contribution in [-0.2, 0) is 9.53 Å². The number of alkyl carbamates (subject to hydrolysis) is 1. The van der Waals surface area contributed by atoms with Crippen LogP contribution in [0.3, 0.4) is 0 Å². The van der Waals surface area contributed by atoms with Crippen LogP contribution in [0.4, 0.5) is 4.79 Å². The minimum absolute atomic E-state index is 0.318. The summed E-state index contributed by atoms with van der Waals surface area (Å²) in [6.45, 7) is 7.13. The molecule has 0 aromatic rings. The van der Waals surface area contributed by atoms with E-state index in [-0.39, 0.29) is 0 Å². The predicted octanol–water partition coefficient (Wildman–Crippen LogP) is 1.48. The van der Waals surface area contributed by atoms with Gasteiger partial charge in [-0.25, -0.2) is 9.59 Å². The molecule has 0 aliphatic rings. The van der Waals surface area contributed by atoms with Crippen LogP contribution in [0.5, 0.6) is 0 Å². The highest BCUT2D eigenvalue weighted by atomic mass is 16.6. The summed E-state index contributed by atoms with van der Waals surface area (Å²) < 4.78 is 5.05. The molecule has 0 aromatic heterocycles. The normalized spacial score (nSPS) is 14.7. The number of amides is 1. The summed E-state index contributed by atoms with van der Waals surface area (Å²) in [5.41, 5.74) is 3.39. The summed E-state index contributed by atoms with van der Waals surface area (Å²) in [7, 11) is 0. The van der Waals surface area contributed by atoms with Gasteiger partial charge in [0, 0.05) is 0 Å². The van der Waals surface area contributed by atoms with E-state index >= 15 is 0 Å². The minimum atomic E-state index is -1.32. The van der Waals surface area contributed by atoms with E-state index in [0.717, 1.165) is 6.42 Å². The van der Waals surface area contributed by atoms with Crippen LogP contribution in [0.2, 0.25) is 0 Å². The summed E-state index contributed by atoms with van der Waals surface area (Å²) in [6, 6.07) is 0. The monoisotopic (exact) mass is 260 g/mol. The number of carbonyl (C=O) groups is 2. The summed E-state index contributed by atoms with van der Waals surface area (Å²) in [5, 5.41) is 11.6. The number of ether oxygens (including phenoxy) is 1. The van der Waals surface area contributed by atoms with E-state index in [1.165, 1.54) is 6.92 Å². The average Bonchev–Trinajstić information content (AvgIpc) is 2.14. The Kier molecular flexibility index (Phi) is 6.11. The van der Waals surface area contributed by atoms with Crippen LogP contribution in [0, 0.1) is 0 Å². The Hall–Kier alpha value is -1.30. The van der Waals surface area contributed by atoms with Crippen molar-refractivity contribution in [2.75, 3.05) is 6.54 Å². The molecule has 0 bridgehead atoms. The molecule has 1 unspecified atom stereocenters. The second kappa shape index (κ2) is 6.58. The Labute approximate surface area is 108 Å². The molecule has 0 aromatic carbocycles. The molecule has 0 radical (unpaired) electrons. The lowest BCUT2D eigenvalue weighted by atomic mass is 9.95. The number of carbonyl (C=O) groups excluding carboxylic acids is 1. The first-order valence-electron chi connectivity index (χ1n) is 6.05. The van der Waals surface area contributed by atoms with Crippen molar-refractivity contribution in [3.05, 3.63) is 0 Å². The molecule has 6 nitrogen and oxygen atoms in total. The highest BCUT2D eigenvalue weighted by Gasteiger charge is 2.35. The SMILES string of the molecule is CC(C)(C)OC(=O)NC(C)(CCCCN)C(=O)O. The molecule has 0 saturated carbocycles.